The smallest absolute Gasteiger partial charge is 0.309 e. The van der Waals surface area contributed by atoms with Gasteiger partial charge in [-0.2, -0.15) is 0 Å². The molecular formula is C27H42ClNO6S. The molecule has 0 aromatic carbocycles. The van der Waals surface area contributed by atoms with Gasteiger partial charge in [-0.15, -0.1) is 22.9 Å². The lowest BCUT2D eigenvalue weighted by molar-refractivity contribution is -0.155. The lowest BCUT2D eigenvalue weighted by atomic mass is 9.73. The van der Waals surface area contributed by atoms with E-state index in [1.807, 2.05) is 25.3 Å². The average Bonchev–Trinajstić information content (AvgIpc) is 3.20. The summed E-state index contributed by atoms with van der Waals surface area (Å²) in [6, 6.07) is 0. The Balaban J connectivity index is 2.39. The number of cyclic esters (lactones) is 1. The molecule has 0 radical (unpaired) electrons. The van der Waals surface area contributed by atoms with Gasteiger partial charge in [-0.3, -0.25) is 9.59 Å². The van der Waals surface area contributed by atoms with Crippen molar-refractivity contribution in [2.45, 2.75) is 110 Å². The first-order chi connectivity index (χ1) is 16.6. The summed E-state index contributed by atoms with van der Waals surface area (Å²) in [5.41, 5.74) is 0.161. The number of nitrogens with zero attached hydrogens (tertiary/aromatic N) is 1. The number of alkyl halides is 1. The molecule has 0 spiro atoms. The molecular weight excluding hydrogens is 502 g/mol. The van der Waals surface area contributed by atoms with Crippen molar-refractivity contribution in [1.82, 2.24) is 4.98 Å². The maximum absolute atomic E-state index is 13.2. The molecule has 1 fully saturated rings. The molecule has 0 bridgehead atoms. The van der Waals surface area contributed by atoms with Gasteiger partial charge in [-0.05, 0) is 51.2 Å². The van der Waals surface area contributed by atoms with Crippen LogP contribution in [0.15, 0.2) is 11.0 Å². The number of ketones is 1. The number of Topliss-reactive ketones (excluding diaryl/α,β-unsaturated/α-hetero) is 1. The fourth-order valence-electron chi connectivity index (χ4n) is 4.67. The Bertz CT molecular complexity index is 942. The van der Waals surface area contributed by atoms with Gasteiger partial charge >= 0.3 is 5.97 Å². The molecule has 2 heterocycles. The van der Waals surface area contributed by atoms with Gasteiger partial charge in [0, 0.05) is 17.7 Å². The number of hydrogen-bond acceptors (Lipinski definition) is 8. The third kappa shape index (κ3) is 7.84. The lowest BCUT2D eigenvalue weighted by Gasteiger charge is -2.36. The molecule has 0 unspecified atom stereocenters. The quantitative estimate of drug-likeness (QED) is 0.366. The predicted octanol–water partition coefficient (Wildman–Crippen LogP) is 4.68. The van der Waals surface area contributed by atoms with E-state index in [0.29, 0.717) is 24.8 Å². The fraction of sp³-hybridized carbons (Fsp3) is 0.741. The largest absolute Gasteiger partial charge is 0.458 e. The number of thiazole rings is 1. The molecule has 9 heteroatoms. The minimum absolute atomic E-state index is 0.0742. The van der Waals surface area contributed by atoms with Crippen LogP contribution in [0.3, 0.4) is 0 Å². The van der Waals surface area contributed by atoms with Crippen LogP contribution in [0.4, 0.5) is 0 Å². The normalized spacial score (nSPS) is 35.9. The molecule has 0 amide bonds. The van der Waals surface area contributed by atoms with E-state index in [9.17, 15) is 24.9 Å². The van der Waals surface area contributed by atoms with Gasteiger partial charge in [-0.25, -0.2) is 4.98 Å². The first-order valence-corrected chi connectivity index (χ1v) is 13.9. The van der Waals surface area contributed by atoms with E-state index in [1.165, 1.54) is 11.3 Å². The van der Waals surface area contributed by atoms with Crippen LogP contribution in [0.2, 0.25) is 0 Å². The highest BCUT2D eigenvalue weighted by Crippen LogP contribution is 2.35. The topological polar surface area (TPSA) is 117 Å². The summed E-state index contributed by atoms with van der Waals surface area (Å²) in [5.74, 6) is -1.90. The molecule has 3 N–H and O–H groups in total. The zero-order valence-corrected chi connectivity index (χ0v) is 24.0. The van der Waals surface area contributed by atoms with Crippen molar-refractivity contribution in [3.05, 3.63) is 21.7 Å². The van der Waals surface area contributed by atoms with Gasteiger partial charge in [0.2, 0.25) is 0 Å². The Labute approximate surface area is 223 Å². The summed E-state index contributed by atoms with van der Waals surface area (Å²) >= 11 is 8.24. The molecule has 1 aliphatic rings. The van der Waals surface area contributed by atoms with Crippen LogP contribution in [-0.4, -0.2) is 61.3 Å². The number of aliphatic hydroxyl groups is 3. The van der Waals surface area contributed by atoms with E-state index in [0.717, 1.165) is 10.7 Å². The summed E-state index contributed by atoms with van der Waals surface area (Å²) in [6.07, 6.45) is -0.738. The summed E-state index contributed by atoms with van der Waals surface area (Å²) in [7, 11) is 0. The third-order valence-corrected chi connectivity index (χ3v) is 8.82. The van der Waals surface area contributed by atoms with Gasteiger partial charge in [0.25, 0.3) is 0 Å². The van der Waals surface area contributed by atoms with E-state index in [1.54, 1.807) is 34.6 Å². The number of carbonyl (C=O) groups is 2. The summed E-state index contributed by atoms with van der Waals surface area (Å²) in [5, 5.41) is 35.5. The Morgan fingerprint density at radius 1 is 1.19 bits per heavy atom. The van der Waals surface area contributed by atoms with Crippen molar-refractivity contribution in [3.63, 3.8) is 0 Å². The minimum Gasteiger partial charge on any atom is -0.458 e. The van der Waals surface area contributed by atoms with E-state index in [-0.39, 0.29) is 18.1 Å². The van der Waals surface area contributed by atoms with E-state index in [4.69, 9.17) is 16.3 Å². The Morgan fingerprint density at radius 2 is 1.83 bits per heavy atom. The highest BCUT2D eigenvalue weighted by atomic mass is 35.5. The first-order valence-electron chi connectivity index (χ1n) is 12.6. The number of halogens is 1. The SMILES string of the molecule is C/C(=C\c1csc(C)n1)[C@@H]1C[C@H](O)[C@@](C)(Cl)CCC[C@H](C)[C@H](O)[C@@H](C)C(=O)C(C)(C)[C@@H](O)CC(=O)O1. The van der Waals surface area contributed by atoms with Crippen LogP contribution in [-0.2, 0) is 14.3 Å². The molecule has 0 aliphatic carbocycles. The van der Waals surface area contributed by atoms with Crippen molar-refractivity contribution < 1.29 is 29.6 Å². The van der Waals surface area contributed by atoms with Crippen molar-refractivity contribution in [2.24, 2.45) is 17.3 Å². The van der Waals surface area contributed by atoms with E-state index in [2.05, 4.69) is 4.98 Å². The molecule has 1 aromatic heterocycles. The molecule has 1 saturated heterocycles. The van der Waals surface area contributed by atoms with Crippen LogP contribution in [0, 0.1) is 24.2 Å². The highest BCUT2D eigenvalue weighted by molar-refractivity contribution is 7.09. The van der Waals surface area contributed by atoms with Crippen molar-refractivity contribution in [3.8, 4) is 0 Å². The minimum atomic E-state index is -1.30. The van der Waals surface area contributed by atoms with Crippen LogP contribution >= 0.6 is 22.9 Å². The number of ether oxygens (including phenoxy) is 1. The number of aliphatic hydroxyl groups excluding tert-OH is 3. The second-order valence-corrected chi connectivity index (χ2v) is 13.1. The van der Waals surface area contributed by atoms with Crippen LogP contribution in [0.5, 0.6) is 0 Å². The van der Waals surface area contributed by atoms with Gasteiger partial charge in [0.1, 0.15) is 11.9 Å². The highest BCUT2D eigenvalue weighted by Gasteiger charge is 2.43. The summed E-state index contributed by atoms with van der Waals surface area (Å²) in [4.78, 5) is 29.6. The fourth-order valence-corrected chi connectivity index (χ4v) is 5.47. The van der Waals surface area contributed by atoms with Crippen LogP contribution in [0.25, 0.3) is 6.08 Å². The molecule has 1 aromatic rings. The zero-order valence-electron chi connectivity index (χ0n) is 22.5. The Morgan fingerprint density at radius 3 is 2.42 bits per heavy atom. The maximum atomic E-state index is 13.2. The summed E-state index contributed by atoms with van der Waals surface area (Å²) in [6.45, 7) is 12.2. The average molecular weight is 544 g/mol. The number of carbonyl (C=O) groups excluding carboxylic acids is 2. The molecule has 36 heavy (non-hydrogen) atoms. The zero-order chi connectivity index (χ0) is 27.4. The molecule has 0 saturated carbocycles. The number of rotatable bonds is 2. The van der Waals surface area contributed by atoms with Gasteiger partial charge in [-0.1, -0.05) is 34.1 Å². The van der Waals surface area contributed by atoms with E-state index < -0.39 is 53.0 Å². The third-order valence-electron chi connectivity index (χ3n) is 7.59. The van der Waals surface area contributed by atoms with Crippen molar-refractivity contribution in [2.75, 3.05) is 0 Å². The van der Waals surface area contributed by atoms with Crippen LogP contribution < -0.4 is 0 Å². The molecule has 204 valence electrons. The van der Waals surface area contributed by atoms with Gasteiger partial charge < -0.3 is 20.1 Å². The monoisotopic (exact) mass is 543 g/mol. The van der Waals surface area contributed by atoms with Crippen molar-refractivity contribution in [1.29, 1.82) is 0 Å². The number of hydrogen-bond donors (Lipinski definition) is 3. The number of aryl methyl sites for hydroxylation is 1. The molecule has 2 rings (SSSR count). The Hall–Kier alpha value is -1.32. The molecule has 7 nitrogen and oxygen atoms in total. The van der Waals surface area contributed by atoms with Gasteiger partial charge in [0.15, 0.2) is 0 Å². The first kappa shape index (κ1) is 30.9. The molecule has 1 aliphatic heterocycles. The Kier molecular flexibility index (Phi) is 10.7. The van der Waals surface area contributed by atoms with E-state index >= 15 is 0 Å². The number of aromatic nitrogens is 1. The second-order valence-electron chi connectivity index (χ2n) is 11.1. The van der Waals surface area contributed by atoms with Crippen LogP contribution in [0.1, 0.15) is 84.3 Å². The van der Waals surface area contributed by atoms with Gasteiger partial charge in [0.05, 0.1) is 45.7 Å². The second kappa shape index (κ2) is 12.5. The summed E-state index contributed by atoms with van der Waals surface area (Å²) < 4.78 is 5.75. The molecule has 7 atom stereocenters. The number of esters is 1. The lowest BCUT2D eigenvalue weighted by Crippen LogP contribution is -2.46. The maximum Gasteiger partial charge on any atom is 0.309 e. The van der Waals surface area contributed by atoms with Crippen molar-refractivity contribution >= 4 is 40.8 Å². The standard InChI is InChI=1S/C27H42ClNO6S/c1-15-9-8-10-27(7,28)22(31)12-20(16(2)11-19-14-36-18(4)29-19)35-23(32)13-21(30)26(5,6)25(34)17(3)24(15)33/h11,14-15,17,20-22,24,30-31,33H,8-10,12-13H2,1-7H3/b16-11+/t15-,17+,20-,21-,22-,24-,27-/m0/s1. The predicted molar refractivity (Wildman–Crippen MR) is 143 cm³/mol.